The van der Waals surface area contributed by atoms with Crippen molar-refractivity contribution in [3.05, 3.63) is 34.9 Å². The van der Waals surface area contributed by atoms with Gasteiger partial charge in [-0.25, -0.2) is 0 Å². The molecule has 4 N–H and O–H groups in total. The first-order valence-electron chi connectivity index (χ1n) is 6.20. The van der Waals surface area contributed by atoms with Crippen molar-refractivity contribution >= 4 is 11.6 Å². The Kier molecular flexibility index (Phi) is 5.34. The van der Waals surface area contributed by atoms with Crippen molar-refractivity contribution in [1.82, 2.24) is 0 Å². The molecule has 1 fully saturated rings. The predicted molar refractivity (Wildman–Crippen MR) is 70.1 cm³/mol. The largest absolute Gasteiger partial charge is 0.394 e. The summed E-state index contributed by atoms with van der Waals surface area (Å²) < 4.78 is 10.8. The molecule has 1 aliphatic rings. The summed E-state index contributed by atoms with van der Waals surface area (Å²) >= 11 is 5.80. The summed E-state index contributed by atoms with van der Waals surface area (Å²) in [5, 5.41) is 39.0. The molecule has 0 spiro atoms. The maximum absolute atomic E-state index is 9.85. The molecular weight excluding hydrogens is 288 g/mol. The van der Waals surface area contributed by atoms with Crippen LogP contribution in [-0.4, -0.2) is 58.1 Å². The third kappa shape index (κ3) is 3.48. The van der Waals surface area contributed by atoms with Gasteiger partial charge in [0, 0.05) is 10.6 Å². The van der Waals surface area contributed by atoms with E-state index in [2.05, 4.69) is 0 Å². The van der Waals surface area contributed by atoms with Gasteiger partial charge in [-0.05, 0) is 12.1 Å². The maximum atomic E-state index is 9.85. The van der Waals surface area contributed by atoms with Crippen molar-refractivity contribution in [3.8, 4) is 0 Å². The Morgan fingerprint density at radius 2 is 1.75 bits per heavy atom. The van der Waals surface area contributed by atoms with Gasteiger partial charge in [0.05, 0.1) is 13.2 Å². The number of rotatable bonds is 2. The molecular formula is C13H17ClO6. The monoisotopic (exact) mass is 304 g/mol. The van der Waals surface area contributed by atoms with Crippen molar-refractivity contribution in [1.29, 1.82) is 0 Å². The molecule has 1 aliphatic heterocycles. The number of benzene rings is 1. The van der Waals surface area contributed by atoms with E-state index in [0.29, 0.717) is 10.6 Å². The molecule has 0 saturated carbocycles. The van der Waals surface area contributed by atoms with Gasteiger partial charge in [0.25, 0.3) is 0 Å². The SMILES string of the molecule is OC[C@@H]1OC(c2ccc(Cl)cc2)OC[C@@H](O)[C@H](O)[C@H]1O. The molecule has 7 heteroatoms. The minimum atomic E-state index is -1.45. The zero-order chi connectivity index (χ0) is 14.7. The fourth-order valence-electron chi connectivity index (χ4n) is 1.96. The number of hydrogen-bond acceptors (Lipinski definition) is 6. The summed E-state index contributed by atoms with van der Waals surface area (Å²) in [7, 11) is 0. The van der Waals surface area contributed by atoms with Gasteiger partial charge in [-0.3, -0.25) is 0 Å². The van der Waals surface area contributed by atoms with Gasteiger partial charge in [-0.1, -0.05) is 23.7 Å². The summed E-state index contributed by atoms with van der Waals surface area (Å²) in [5.41, 5.74) is 0.628. The lowest BCUT2D eigenvalue weighted by Gasteiger charge is -2.34. The van der Waals surface area contributed by atoms with Crippen LogP contribution >= 0.6 is 11.6 Å². The Morgan fingerprint density at radius 1 is 1.10 bits per heavy atom. The molecule has 6 nitrogen and oxygen atoms in total. The smallest absolute Gasteiger partial charge is 0.184 e. The first-order valence-corrected chi connectivity index (χ1v) is 6.58. The zero-order valence-electron chi connectivity index (χ0n) is 10.6. The molecule has 1 aromatic rings. The van der Waals surface area contributed by atoms with Gasteiger partial charge in [0.15, 0.2) is 6.29 Å². The van der Waals surface area contributed by atoms with Crippen LogP contribution in [0.3, 0.4) is 0 Å². The fourth-order valence-corrected chi connectivity index (χ4v) is 2.08. The minimum absolute atomic E-state index is 0.205. The second-order valence-electron chi connectivity index (χ2n) is 4.62. The lowest BCUT2D eigenvalue weighted by molar-refractivity contribution is -0.256. The van der Waals surface area contributed by atoms with Crippen LogP contribution < -0.4 is 0 Å². The maximum Gasteiger partial charge on any atom is 0.184 e. The molecule has 1 heterocycles. The van der Waals surface area contributed by atoms with Crippen molar-refractivity contribution < 1.29 is 29.9 Å². The summed E-state index contributed by atoms with van der Waals surface area (Å²) in [6.07, 6.45) is -6.06. The van der Waals surface area contributed by atoms with Crippen LogP contribution in [0.25, 0.3) is 0 Å². The number of ether oxygens (including phenoxy) is 2. The normalized spacial score (nSPS) is 35.4. The summed E-state index contributed by atoms with van der Waals surface area (Å²) in [6, 6.07) is 6.66. The molecule has 1 aromatic carbocycles. The van der Waals surface area contributed by atoms with Gasteiger partial charge < -0.3 is 29.9 Å². The molecule has 0 bridgehead atoms. The zero-order valence-corrected chi connectivity index (χ0v) is 11.3. The van der Waals surface area contributed by atoms with Crippen LogP contribution in [0.15, 0.2) is 24.3 Å². The second kappa shape index (κ2) is 6.82. The van der Waals surface area contributed by atoms with E-state index < -0.39 is 37.3 Å². The Balaban J connectivity index is 2.19. The summed E-state index contributed by atoms with van der Waals surface area (Å²) in [5.74, 6) is 0. The molecule has 1 unspecified atom stereocenters. The van der Waals surface area contributed by atoms with E-state index in [-0.39, 0.29) is 6.61 Å². The van der Waals surface area contributed by atoms with Crippen LogP contribution in [-0.2, 0) is 9.47 Å². The number of aliphatic hydroxyl groups excluding tert-OH is 4. The number of halogens is 1. The first kappa shape index (κ1) is 15.7. The Hall–Kier alpha value is -0.730. The lowest BCUT2D eigenvalue weighted by atomic mass is 10.0. The van der Waals surface area contributed by atoms with Crippen molar-refractivity contribution in [2.45, 2.75) is 30.7 Å². The highest BCUT2D eigenvalue weighted by molar-refractivity contribution is 6.30. The molecule has 112 valence electrons. The van der Waals surface area contributed by atoms with Crippen LogP contribution in [0.1, 0.15) is 11.9 Å². The molecule has 5 atom stereocenters. The summed E-state index contributed by atoms with van der Waals surface area (Å²) in [4.78, 5) is 0. The topological polar surface area (TPSA) is 99.4 Å². The molecule has 20 heavy (non-hydrogen) atoms. The quantitative estimate of drug-likeness (QED) is 0.605. The second-order valence-corrected chi connectivity index (χ2v) is 5.06. The van der Waals surface area contributed by atoms with Gasteiger partial charge in [0.1, 0.15) is 24.4 Å². The van der Waals surface area contributed by atoms with Gasteiger partial charge in [-0.15, -0.1) is 0 Å². The number of hydrogen-bond donors (Lipinski definition) is 4. The van der Waals surface area contributed by atoms with E-state index in [9.17, 15) is 20.4 Å². The molecule has 0 aromatic heterocycles. The molecule has 1 saturated heterocycles. The summed E-state index contributed by atoms with van der Waals surface area (Å²) in [6.45, 7) is -0.720. The third-order valence-corrected chi connectivity index (χ3v) is 3.42. The van der Waals surface area contributed by atoms with Crippen LogP contribution in [0, 0.1) is 0 Å². The van der Waals surface area contributed by atoms with Crippen LogP contribution in [0.5, 0.6) is 0 Å². The van der Waals surface area contributed by atoms with Crippen LogP contribution in [0.4, 0.5) is 0 Å². The average Bonchev–Trinajstić information content (AvgIpc) is 2.46. The average molecular weight is 305 g/mol. The lowest BCUT2D eigenvalue weighted by Crippen LogP contribution is -2.51. The van der Waals surface area contributed by atoms with Crippen molar-refractivity contribution in [2.24, 2.45) is 0 Å². The van der Waals surface area contributed by atoms with Gasteiger partial charge in [-0.2, -0.15) is 0 Å². The fraction of sp³-hybridized carbons (Fsp3) is 0.538. The highest BCUT2D eigenvalue weighted by Crippen LogP contribution is 2.26. The highest BCUT2D eigenvalue weighted by atomic mass is 35.5. The standard InChI is InChI=1S/C13H17ClO6/c14-8-3-1-7(2-4-8)13-19-6-9(16)11(17)12(18)10(5-15)20-13/h1-4,9-13,15-18H,5-6H2/t9-,10+,11+,12+,13?/m1/s1. The van der Waals surface area contributed by atoms with E-state index in [1.54, 1.807) is 24.3 Å². The van der Waals surface area contributed by atoms with Crippen molar-refractivity contribution in [2.75, 3.05) is 13.2 Å². The predicted octanol–water partition coefficient (Wildman–Crippen LogP) is -0.171. The van der Waals surface area contributed by atoms with Crippen LogP contribution in [0.2, 0.25) is 5.02 Å². The van der Waals surface area contributed by atoms with Gasteiger partial charge in [0.2, 0.25) is 0 Å². The molecule has 2 rings (SSSR count). The third-order valence-electron chi connectivity index (χ3n) is 3.16. The molecule has 0 radical (unpaired) electrons. The van der Waals surface area contributed by atoms with E-state index >= 15 is 0 Å². The van der Waals surface area contributed by atoms with E-state index in [1.165, 1.54) is 0 Å². The number of aliphatic hydroxyl groups is 4. The Bertz CT molecular complexity index is 425. The first-order chi connectivity index (χ1) is 9.52. The highest BCUT2D eigenvalue weighted by Gasteiger charge is 2.36. The molecule has 0 aliphatic carbocycles. The van der Waals surface area contributed by atoms with E-state index in [0.717, 1.165) is 0 Å². The van der Waals surface area contributed by atoms with E-state index in [4.69, 9.17) is 21.1 Å². The molecule has 0 amide bonds. The Labute approximate surface area is 121 Å². The van der Waals surface area contributed by atoms with Gasteiger partial charge >= 0.3 is 0 Å². The Morgan fingerprint density at radius 3 is 2.35 bits per heavy atom. The van der Waals surface area contributed by atoms with Crippen molar-refractivity contribution in [3.63, 3.8) is 0 Å². The minimum Gasteiger partial charge on any atom is -0.394 e. The van der Waals surface area contributed by atoms with E-state index in [1.807, 2.05) is 0 Å².